The second-order valence-electron chi connectivity index (χ2n) is 8.20. The number of nitrogens with one attached hydrogen (secondary N) is 1. The maximum Gasteiger partial charge on any atom is 0.416 e. The Labute approximate surface area is 207 Å². The van der Waals surface area contributed by atoms with Gasteiger partial charge in [0.2, 0.25) is 26.0 Å². The minimum atomic E-state index is -4.71. The number of hydrogen-bond donors (Lipinski definition) is 1. The molecule has 1 heterocycles. The van der Waals surface area contributed by atoms with Crippen LogP contribution in [0.15, 0.2) is 47.4 Å². The van der Waals surface area contributed by atoms with Gasteiger partial charge in [-0.1, -0.05) is 12.5 Å². The number of halogens is 3. The second kappa shape index (κ2) is 10.6. The second-order valence-corrected chi connectivity index (χ2v) is 12.0. The fourth-order valence-corrected chi connectivity index (χ4v) is 6.32. The van der Waals surface area contributed by atoms with Crippen LogP contribution in [0.3, 0.4) is 0 Å². The Morgan fingerprint density at radius 1 is 1.06 bits per heavy atom. The van der Waals surface area contributed by atoms with E-state index in [-0.39, 0.29) is 22.0 Å². The summed E-state index contributed by atoms with van der Waals surface area (Å²) in [5.74, 6) is -0.815. The molecule has 2 aromatic carbocycles. The van der Waals surface area contributed by atoms with Gasteiger partial charge in [0.15, 0.2) is 0 Å². The summed E-state index contributed by atoms with van der Waals surface area (Å²) in [7, 11) is -6.76. The van der Waals surface area contributed by atoms with E-state index in [1.807, 2.05) is 0 Å². The lowest BCUT2D eigenvalue weighted by atomic mass is 10.2. The third-order valence-corrected chi connectivity index (χ3v) is 8.59. The molecule has 0 aliphatic carbocycles. The monoisotopic (exact) mass is 549 g/mol. The van der Waals surface area contributed by atoms with E-state index in [1.165, 1.54) is 29.6 Å². The smallest absolute Gasteiger partial charge is 0.416 e. The average molecular weight is 550 g/mol. The number of rotatable bonds is 8. The Morgan fingerprint density at radius 2 is 1.72 bits per heavy atom. The molecule has 36 heavy (non-hydrogen) atoms. The van der Waals surface area contributed by atoms with Crippen LogP contribution in [-0.4, -0.2) is 60.0 Å². The molecular formula is C22H26F3N3O6S2. The summed E-state index contributed by atoms with van der Waals surface area (Å²) in [6.45, 7) is -0.134. The highest BCUT2D eigenvalue weighted by Gasteiger charge is 2.32. The molecule has 0 radical (unpaired) electrons. The minimum absolute atomic E-state index is 0.0499. The highest BCUT2D eigenvalue weighted by atomic mass is 32.2. The summed E-state index contributed by atoms with van der Waals surface area (Å²) in [4.78, 5) is 12.5. The molecule has 1 amide bonds. The number of nitrogens with zero attached hydrogens (tertiary/aromatic N) is 2. The van der Waals surface area contributed by atoms with Gasteiger partial charge < -0.3 is 10.1 Å². The topological polar surface area (TPSA) is 113 Å². The predicted octanol–water partition coefficient (Wildman–Crippen LogP) is 3.29. The molecule has 0 saturated carbocycles. The zero-order valence-corrected chi connectivity index (χ0v) is 21.2. The first-order valence-corrected chi connectivity index (χ1v) is 14.2. The third kappa shape index (κ3) is 6.48. The van der Waals surface area contributed by atoms with Gasteiger partial charge in [-0.15, -0.1) is 0 Å². The molecule has 1 aliphatic heterocycles. The molecule has 198 valence electrons. The van der Waals surface area contributed by atoms with Crippen molar-refractivity contribution in [3.8, 4) is 5.75 Å². The molecule has 0 spiro atoms. The van der Waals surface area contributed by atoms with Gasteiger partial charge in [0, 0.05) is 18.8 Å². The van der Waals surface area contributed by atoms with Crippen LogP contribution >= 0.6 is 0 Å². The molecule has 9 nitrogen and oxygen atoms in total. The Bertz CT molecular complexity index is 1320. The van der Waals surface area contributed by atoms with E-state index in [0.29, 0.717) is 23.5 Å². The van der Waals surface area contributed by atoms with Crippen molar-refractivity contribution in [3.05, 3.63) is 48.0 Å². The SMILES string of the molecule is COc1ccc(NC(=O)CN(c2cccc(C(F)(F)F)c2)S(C)(=O)=O)cc1S(=O)(=O)N1CCCCC1. The molecule has 3 rings (SSSR count). The average Bonchev–Trinajstić information content (AvgIpc) is 2.82. The number of anilines is 2. The lowest BCUT2D eigenvalue weighted by molar-refractivity contribution is -0.137. The molecule has 14 heteroatoms. The first-order chi connectivity index (χ1) is 16.7. The van der Waals surface area contributed by atoms with Crippen LogP contribution in [0, 0.1) is 0 Å². The number of benzene rings is 2. The Balaban J connectivity index is 1.87. The van der Waals surface area contributed by atoms with Crippen LogP contribution in [0.5, 0.6) is 5.75 Å². The number of sulfonamides is 2. The number of methoxy groups -OCH3 is 1. The molecule has 1 saturated heterocycles. The van der Waals surface area contributed by atoms with Gasteiger partial charge in [-0.05, 0) is 49.2 Å². The summed E-state index contributed by atoms with van der Waals surface area (Å²) >= 11 is 0. The number of ether oxygens (including phenoxy) is 1. The van der Waals surface area contributed by atoms with E-state index in [4.69, 9.17) is 4.74 Å². The Morgan fingerprint density at radius 3 is 2.31 bits per heavy atom. The molecule has 2 aromatic rings. The van der Waals surface area contributed by atoms with Crippen molar-refractivity contribution in [2.75, 3.05) is 42.6 Å². The number of amides is 1. The first-order valence-electron chi connectivity index (χ1n) is 10.9. The van der Waals surface area contributed by atoms with Gasteiger partial charge >= 0.3 is 6.18 Å². The number of carbonyl (C=O) groups excluding carboxylic acids is 1. The molecular weight excluding hydrogens is 523 g/mol. The number of carbonyl (C=O) groups is 1. The van der Waals surface area contributed by atoms with E-state index in [0.717, 1.165) is 43.7 Å². The van der Waals surface area contributed by atoms with Gasteiger partial charge in [-0.3, -0.25) is 9.10 Å². The Hall–Kier alpha value is -2.84. The zero-order chi connectivity index (χ0) is 26.7. The molecule has 0 bridgehead atoms. The van der Waals surface area contributed by atoms with E-state index in [9.17, 15) is 34.8 Å². The van der Waals surface area contributed by atoms with E-state index in [2.05, 4.69) is 5.32 Å². The Kier molecular flexibility index (Phi) is 8.20. The van der Waals surface area contributed by atoms with Crippen molar-refractivity contribution >= 4 is 37.3 Å². The molecule has 0 atom stereocenters. The summed E-state index contributed by atoms with van der Waals surface area (Å²) < 4.78 is 97.3. The van der Waals surface area contributed by atoms with Gasteiger partial charge in [0.1, 0.15) is 17.2 Å². The van der Waals surface area contributed by atoms with E-state index in [1.54, 1.807) is 0 Å². The van der Waals surface area contributed by atoms with Gasteiger partial charge in [0.25, 0.3) is 0 Å². The van der Waals surface area contributed by atoms with E-state index >= 15 is 0 Å². The third-order valence-electron chi connectivity index (χ3n) is 5.53. The van der Waals surface area contributed by atoms with Crippen molar-refractivity contribution in [1.82, 2.24) is 4.31 Å². The first kappa shape index (κ1) is 27.7. The molecule has 1 N–H and O–H groups in total. The number of alkyl halides is 3. The standard InChI is InChI=1S/C22H26F3N3O6S2/c1-34-19-10-9-17(14-20(19)36(32,33)27-11-4-3-5-12-27)26-21(29)15-28(35(2,30)31)18-8-6-7-16(13-18)22(23,24)25/h6-10,13-14H,3-5,11-12,15H2,1-2H3,(H,26,29). The quantitative estimate of drug-likeness (QED) is 0.541. The summed E-state index contributed by atoms with van der Waals surface area (Å²) in [6, 6.07) is 7.52. The van der Waals surface area contributed by atoms with Crippen molar-refractivity contribution in [2.24, 2.45) is 0 Å². The van der Waals surface area contributed by atoms with Crippen molar-refractivity contribution < 1.29 is 39.5 Å². The zero-order valence-electron chi connectivity index (χ0n) is 19.6. The number of piperidine rings is 1. The maximum atomic E-state index is 13.2. The van der Waals surface area contributed by atoms with Crippen LogP contribution in [0.4, 0.5) is 24.5 Å². The molecule has 1 fully saturated rings. The van der Waals surface area contributed by atoms with Crippen molar-refractivity contribution in [1.29, 1.82) is 0 Å². The van der Waals surface area contributed by atoms with Gasteiger partial charge in [0.05, 0.1) is 24.6 Å². The van der Waals surface area contributed by atoms with Crippen LogP contribution in [0.2, 0.25) is 0 Å². The highest BCUT2D eigenvalue weighted by Crippen LogP contribution is 2.33. The lowest BCUT2D eigenvalue weighted by Gasteiger charge is -2.27. The summed E-state index contributed by atoms with van der Waals surface area (Å²) in [5.41, 5.74) is -1.36. The highest BCUT2D eigenvalue weighted by molar-refractivity contribution is 7.92. The molecule has 0 unspecified atom stereocenters. The largest absolute Gasteiger partial charge is 0.495 e. The van der Waals surface area contributed by atoms with Crippen LogP contribution in [0.1, 0.15) is 24.8 Å². The lowest BCUT2D eigenvalue weighted by Crippen LogP contribution is -2.37. The summed E-state index contributed by atoms with van der Waals surface area (Å²) in [6.07, 6.45) is -1.59. The van der Waals surface area contributed by atoms with E-state index < -0.39 is 44.2 Å². The fraction of sp³-hybridized carbons (Fsp3) is 0.409. The number of hydrogen-bond acceptors (Lipinski definition) is 6. The van der Waals surface area contributed by atoms with Gasteiger partial charge in [-0.2, -0.15) is 17.5 Å². The van der Waals surface area contributed by atoms with Gasteiger partial charge in [-0.25, -0.2) is 16.8 Å². The minimum Gasteiger partial charge on any atom is -0.495 e. The molecule has 0 aromatic heterocycles. The fourth-order valence-electron chi connectivity index (χ4n) is 3.77. The normalized spacial score (nSPS) is 15.4. The van der Waals surface area contributed by atoms with Crippen molar-refractivity contribution in [2.45, 2.75) is 30.3 Å². The summed E-state index contributed by atoms with van der Waals surface area (Å²) in [5, 5.41) is 2.42. The predicted molar refractivity (Wildman–Crippen MR) is 128 cm³/mol. The maximum absolute atomic E-state index is 13.2. The van der Waals surface area contributed by atoms with Crippen LogP contribution < -0.4 is 14.4 Å². The van der Waals surface area contributed by atoms with Crippen LogP contribution in [-0.2, 0) is 31.0 Å². The van der Waals surface area contributed by atoms with Crippen LogP contribution in [0.25, 0.3) is 0 Å². The van der Waals surface area contributed by atoms with Crippen molar-refractivity contribution in [3.63, 3.8) is 0 Å². The molecule has 1 aliphatic rings.